The molecule has 0 saturated carbocycles. The number of carbonyl (C=O) groups is 2. The molecular weight excluding hydrogens is 332 g/mol. The Morgan fingerprint density at radius 1 is 0.962 bits per heavy atom. The average Bonchev–Trinajstić information content (AvgIpc) is 2.65. The second-order valence-corrected chi connectivity index (χ2v) is 5.65. The second kappa shape index (κ2) is 7.06. The van der Waals surface area contributed by atoms with Crippen molar-refractivity contribution in [2.75, 3.05) is 5.32 Å². The maximum absolute atomic E-state index is 12.8. The van der Waals surface area contributed by atoms with Crippen molar-refractivity contribution in [2.24, 2.45) is 0 Å². The molecule has 0 atom stereocenters. The minimum absolute atomic E-state index is 0.0585. The first kappa shape index (κ1) is 17.2. The molecule has 0 fully saturated rings. The minimum atomic E-state index is -0.636. The van der Waals surface area contributed by atoms with Gasteiger partial charge in [-0.15, -0.1) is 0 Å². The van der Waals surface area contributed by atoms with Gasteiger partial charge in [0.25, 0.3) is 11.5 Å². The Labute approximate surface area is 149 Å². The number of para-hydroxylation sites is 1. The highest BCUT2D eigenvalue weighted by Gasteiger charge is 2.19. The van der Waals surface area contributed by atoms with E-state index in [0.717, 1.165) is 4.57 Å². The zero-order chi connectivity index (χ0) is 18.7. The molecular formula is C20H16N2O4. The molecule has 0 saturated heterocycles. The molecule has 2 N–H and O–H groups in total. The Kier molecular flexibility index (Phi) is 4.66. The number of amides is 1. The fourth-order valence-corrected chi connectivity index (χ4v) is 2.56. The van der Waals surface area contributed by atoms with Gasteiger partial charge in [0.05, 0.1) is 11.3 Å². The molecule has 0 spiro atoms. The normalized spacial score (nSPS) is 10.3. The fraction of sp³-hybridized carbons (Fsp3) is 0.0500. The molecule has 0 unspecified atom stereocenters. The SMILES string of the molecule is CC(=O)c1cc(NC(=O)c2ccccc2)c(=O)n(-c2ccccc2)c1O. The summed E-state index contributed by atoms with van der Waals surface area (Å²) in [5, 5.41) is 12.9. The summed E-state index contributed by atoms with van der Waals surface area (Å²) in [5.74, 6) is -1.38. The largest absolute Gasteiger partial charge is 0.494 e. The van der Waals surface area contributed by atoms with Crippen LogP contribution >= 0.6 is 0 Å². The first-order valence-electron chi connectivity index (χ1n) is 7.91. The van der Waals surface area contributed by atoms with E-state index < -0.39 is 23.1 Å². The summed E-state index contributed by atoms with van der Waals surface area (Å²) in [7, 11) is 0. The summed E-state index contributed by atoms with van der Waals surface area (Å²) in [6, 6.07) is 18.0. The van der Waals surface area contributed by atoms with Gasteiger partial charge in [0.2, 0.25) is 5.88 Å². The number of anilines is 1. The van der Waals surface area contributed by atoms with Crippen LogP contribution in [0.5, 0.6) is 5.88 Å². The van der Waals surface area contributed by atoms with E-state index >= 15 is 0 Å². The highest BCUT2D eigenvalue weighted by molar-refractivity contribution is 6.05. The van der Waals surface area contributed by atoms with Crippen LogP contribution in [0.1, 0.15) is 27.6 Å². The predicted molar refractivity (Wildman–Crippen MR) is 98.1 cm³/mol. The average molecular weight is 348 g/mol. The Bertz CT molecular complexity index is 1020. The van der Waals surface area contributed by atoms with Crippen molar-refractivity contribution in [3.05, 3.63) is 88.2 Å². The van der Waals surface area contributed by atoms with E-state index in [1.807, 2.05) is 0 Å². The van der Waals surface area contributed by atoms with E-state index in [4.69, 9.17) is 0 Å². The van der Waals surface area contributed by atoms with E-state index in [2.05, 4.69) is 5.32 Å². The number of rotatable bonds is 4. The molecule has 0 aliphatic carbocycles. The third-order valence-electron chi connectivity index (χ3n) is 3.85. The first-order chi connectivity index (χ1) is 12.5. The van der Waals surface area contributed by atoms with Gasteiger partial charge >= 0.3 is 0 Å². The zero-order valence-corrected chi connectivity index (χ0v) is 14.0. The molecule has 0 radical (unpaired) electrons. The number of pyridine rings is 1. The third-order valence-corrected chi connectivity index (χ3v) is 3.85. The van der Waals surface area contributed by atoms with Gasteiger partial charge in [0.15, 0.2) is 5.78 Å². The fourth-order valence-electron chi connectivity index (χ4n) is 2.56. The number of nitrogens with zero attached hydrogens (tertiary/aromatic N) is 1. The minimum Gasteiger partial charge on any atom is -0.494 e. The van der Waals surface area contributed by atoms with Crippen LogP contribution in [0.2, 0.25) is 0 Å². The number of Topliss-reactive ketones (excluding diaryl/α,β-unsaturated/α-hetero) is 1. The van der Waals surface area contributed by atoms with Gasteiger partial charge in [-0.1, -0.05) is 36.4 Å². The molecule has 26 heavy (non-hydrogen) atoms. The third kappa shape index (κ3) is 3.25. The highest BCUT2D eigenvalue weighted by atomic mass is 16.3. The van der Waals surface area contributed by atoms with E-state index in [1.54, 1.807) is 60.7 Å². The monoisotopic (exact) mass is 348 g/mol. The standard InChI is InChI=1S/C20H16N2O4/c1-13(23)16-12-17(21-18(24)14-8-4-2-5-9-14)20(26)22(19(16)25)15-10-6-3-7-11-15/h2-12,25H,1H3,(H,21,24). The second-order valence-electron chi connectivity index (χ2n) is 5.65. The molecule has 3 rings (SSSR count). The van der Waals surface area contributed by atoms with Gasteiger partial charge in [-0.05, 0) is 37.3 Å². The summed E-state index contributed by atoms with van der Waals surface area (Å²) >= 11 is 0. The number of hydrogen-bond acceptors (Lipinski definition) is 4. The molecule has 0 aliphatic rings. The number of ketones is 1. The van der Waals surface area contributed by atoms with Gasteiger partial charge < -0.3 is 10.4 Å². The van der Waals surface area contributed by atoms with Gasteiger partial charge in [-0.3, -0.25) is 14.4 Å². The van der Waals surface area contributed by atoms with Crippen LogP contribution in [0, 0.1) is 0 Å². The van der Waals surface area contributed by atoms with Crippen molar-refractivity contribution in [3.8, 4) is 11.6 Å². The van der Waals surface area contributed by atoms with E-state index in [-0.39, 0.29) is 11.3 Å². The molecule has 0 bridgehead atoms. The van der Waals surface area contributed by atoms with Gasteiger partial charge in [-0.2, -0.15) is 0 Å². The lowest BCUT2D eigenvalue weighted by atomic mass is 10.1. The van der Waals surface area contributed by atoms with Gasteiger partial charge in [0, 0.05) is 5.56 Å². The van der Waals surface area contributed by atoms with Crippen LogP contribution in [-0.4, -0.2) is 21.4 Å². The van der Waals surface area contributed by atoms with Crippen LogP contribution < -0.4 is 10.9 Å². The Morgan fingerprint density at radius 2 is 1.54 bits per heavy atom. The van der Waals surface area contributed by atoms with Crippen LogP contribution in [0.4, 0.5) is 5.69 Å². The van der Waals surface area contributed by atoms with Crippen LogP contribution in [-0.2, 0) is 0 Å². The lowest BCUT2D eigenvalue weighted by Crippen LogP contribution is -2.26. The summed E-state index contributed by atoms with van der Waals surface area (Å²) in [6.07, 6.45) is 0. The van der Waals surface area contributed by atoms with Crippen LogP contribution in [0.3, 0.4) is 0 Å². The first-order valence-corrected chi connectivity index (χ1v) is 7.91. The topological polar surface area (TPSA) is 88.4 Å². The Morgan fingerprint density at radius 3 is 2.12 bits per heavy atom. The van der Waals surface area contributed by atoms with Crippen molar-refractivity contribution < 1.29 is 14.7 Å². The Balaban J connectivity index is 2.14. The molecule has 0 aliphatic heterocycles. The molecule has 1 aromatic heterocycles. The number of carbonyl (C=O) groups excluding carboxylic acids is 2. The van der Waals surface area contributed by atoms with Crippen molar-refractivity contribution in [1.82, 2.24) is 4.57 Å². The summed E-state index contributed by atoms with van der Waals surface area (Å²) in [5.41, 5.74) is -0.0329. The van der Waals surface area contributed by atoms with Gasteiger partial charge in [0.1, 0.15) is 5.69 Å². The maximum Gasteiger partial charge on any atom is 0.281 e. The van der Waals surface area contributed by atoms with Crippen molar-refractivity contribution in [2.45, 2.75) is 6.92 Å². The quantitative estimate of drug-likeness (QED) is 0.710. The number of benzene rings is 2. The zero-order valence-electron chi connectivity index (χ0n) is 14.0. The van der Waals surface area contributed by atoms with E-state index in [0.29, 0.717) is 11.3 Å². The Hall–Kier alpha value is -3.67. The number of hydrogen-bond donors (Lipinski definition) is 2. The number of aromatic hydroxyl groups is 1. The summed E-state index contributed by atoms with van der Waals surface area (Å²) in [6.45, 7) is 1.28. The predicted octanol–water partition coefficient (Wildman–Crippen LogP) is 3.00. The number of nitrogens with one attached hydrogen (secondary N) is 1. The lowest BCUT2D eigenvalue weighted by molar-refractivity contribution is 0.100. The molecule has 3 aromatic rings. The van der Waals surface area contributed by atoms with E-state index in [9.17, 15) is 19.5 Å². The van der Waals surface area contributed by atoms with Crippen molar-refractivity contribution in [1.29, 1.82) is 0 Å². The molecule has 6 nitrogen and oxygen atoms in total. The van der Waals surface area contributed by atoms with Crippen LogP contribution in [0.25, 0.3) is 5.69 Å². The smallest absolute Gasteiger partial charge is 0.281 e. The van der Waals surface area contributed by atoms with Crippen LogP contribution in [0.15, 0.2) is 71.5 Å². The summed E-state index contributed by atoms with van der Waals surface area (Å²) < 4.78 is 0.997. The highest BCUT2D eigenvalue weighted by Crippen LogP contribution is 2.23. The van der Waals surface area contributed by atoms with Crippen molar-refractivity contribution in [3.63, 3.8) is 0 Å². The van der Waals surface area contributed by atoms with Crippen molar-refractivity contribution >= 4 is 17.4 Å². The summed E-state index contributed by atoms with van der Waals surface area (Å²) in [4.78, 5) is 37.1. The maximum atomic E-state index is 12.8. The number of aromatic nitrogens is 1. The molecule has 130 valence electrons. The van der Waals surface area contributed by atoms with Gasteiger partial charge in [-0.25, -0.2) is 4.57 Å². The molecule has 1 heterocycles. The lowest BCUT2D eigenvalue weighted by Gasteiger charge is -2.14. The van der Waals surface area contributed by atoms with E-state index in [1.165, 1.54) is 13.0 Å². The molecule has 2 aromatic carbocycles. The molecule has 6 heteroatoms. The molecule has 1 amide bonds.